The quantitative estimate of drug-likeness (QED) is 0.728. The number of hydrogen-bond acceptors (Lipinski definition) is 1. The Hall–Kier alpha value is -1.05. The fourth-order valence-corrected chi connectivity index (χ4v) is 3.26. The Balaban J connectivity index is 1.59. The highest BCUT2D eigenvalue weighted by atomic mass is 19.1. The van der Waals surface area contributed by atoms with E-state index in [1.54, 1.807) is 0 Å². The van der Waals surface area contributed by atoms with Gasteiger partial charge in [-0.25, -0.2) is 4.39 Å². The summed E-state index contributed by atoms with van der Waals surface area (Å²) in [5.74, 6) is 1.70. The van der Waals surface area contributed by atoms with Crippen LogP contribution in [-0.2, 0) is 0 Å². The number of halogens is 1. The topological polar surface area (TPSA) is 9.23 Å². The standard InChI is InChI=1S/C17H23FO/c1-12-15(14-6-7-14)8-9-16(17(12)18)19-11-10-13-4-2-3-5-13/h8-9,13-14H,2-7,10-11H2,1H3. The van der Waals surface area contributed by atoms with Crippen molar-refractivity contribution in [2.75, 3.05) is 6.61 Å². The van der Waals surface area contributed by atoms with Crippen molar-refractivity contribution in [2.24, 2.45) is 5.92 Å². The second-order valence-corrected chi connectivity index (χ2v) is 6.15. The van der Waals surface area contributed by atoms with Crippen LogP contribution in [0.15, 0.2) is 12.1 Å². The van der Waals surface area contributed by atoms with Crippen molar-refractivity contribution in [1.82, 2.24) is 0 Å². The monoisotopic (exact) mass is 262 g/mol. The minimum atomic E-state index is -0.143. The van der Waals surface area contributed by atoms with E-state index in [0.717, 1.165) is 17.9 Å². The summed E-state index contributed by atoms with van der Waals surface area (Å²) in [6.07, 6.45) is 8.85. The zero-order chi connectivity index (χ0) is 13.2. The fourth-order valence-electron chi connectivity index (χ4n) is 3.26. The lowest BCUT2D eigenvalue weighted by Crippen LogP contribution is -2.06. The maximum atomic E-state index is 14.2. The van der Waals surface area contributed by atoms with Crippen LogP contribution >= 0.6 is 0 Å². The minimum Gasteiger partial charge on any atom is -0.490 e. The van der Waals surface area contributed by atoms with Gasteiger partial charge in [0, 0.05) is 0 Å². The molecule has 1 aromatic carbocycles. The summed E-state index contributed by atoms with van der Waals surface area (Å²) in [5, 5.41) is 0. The third kappa shape index (κ3) is 2.93. The van der Waals surface area contributed by atoms with Crippen molar-refractivity contribution in [3.63, 3.8) is 0 Å². The predicted octanol–water partition coefficient (Wildman–Crippen LogP) is 4.97. The van der Waals surface area contributed by atoms with Crippen LogP contribution in [-0.4, -0.2) is 6.61 Å². The first-order valence-electron chi connectivity index (χ1n) is 7.67. The van der Waals surface area contributed by atoms with Crippen LogP contribution < -0.4 is 4.74 Å². The number of benzene rings is 1. The van der Waals surface area contributed by atoms with Gasteiger partial charge in [0.2, 0.25) is 0 Å². The van der Waals surface area contributed by atoms with E-state index in [0.29, 0.717) is 18.3 Å². The summed E-state index contributed by atoms with van der Waals surface area (Å²) in [5.41, 5.74) is 1.97. The predicted molar refractivity (Wildman–Crippen MR) is 75.2 cm³/mol. The van der Waals surface area contributed by atoms with Crippen molar-refractivity contribution >= 4 is 0 Å². The first kappa shape index (κ1) is 13.0. The Morgan fingerprint density at radius 1 is 1.16 bits per heavy atom. The molecule has 2 aliphatic rings. The van der Waals surface area contributed by atoms with E-state index in [-0.39, 0.29) is 5.82 Å². The molecule has 2 saturated carbocycles. The van der Waals surface area contributed by atoms with Gasteiger partial charge in [-0.15, -0.1) is 0 Å². The molecule has 0 heterocycles. The van der Waals surface area contributed by atoms with Gasteiger partial charge in [-0.1, -0.05) is 31.7 Å². The van der Waals surface area contributed by atoms with Crippen LogP contribution in [0.2, 0.25) is 0 Å². The van der Waals surface area contributed by atoms with E-state index in [4.69, 9.17) is 4.74 Å². The van der Waals surface area contributed by atoms with E-state index >= 15 is 0 Å². The fraction of sp³-hybridized carbons (Fsp3) is 0.647. The molecule has 2 heteroatoms. The second kappa shape index (κ2) is 5.52. The van der Waals surface area contributed by atoms with Gasteiger partial charge in [-0.05, 0) is 55.2 Å². The maximum Gasteiger partial charge on any atom is 0.168 e. The Labute approximate surface area is 115 Å². The molecule has 1 aromatic rings. The van der Waals surface area contributed by atoms with Gasteiger partial charge in [0.15, 0.2) is 11.6 Å². The highest BCUT2D eigenvalue weighted by molar-refractivity contribution is 5.40. The Morgan fingerprint density at radius 3 is 2.58 bits per heavy atom. The van der Waals surface area contributed by atoms with Crippen LogP contribution in [0.25, 0.3) is 0 Å². The zero-order valence-corrected chi connectivity index (χ0v) is 11.8. The highest BCUT2D eigenvalue weighted by Gasteiger charge is 2.27. The molecule has 3 rings (SSSR count). The third-order valence-electron chi connectivity index (χ3n) is 4.67. The Bertz CT molecular complexity index is 445. The number of rotatable bonds is 5. The largest absolute Gasteiger partial charge is 0.490 e. The highest BCUT2D eigenvalue weighted by Crippen LogP contribution is 2.43. The molecule has 0 aromatic heterocycles. The molecular formula is C17H23FO. The summed E-state index contributed by atoms with van der Waals surface area (Å²) in [7, 11) is 0. The maximum absolute atomic E-state index is 14.2. The average molecular weight is 262 g/mol. The smallest absolute Gasteiger partial charge is 0.168 e. The van der Waals surface area contributed by atoms with Gasteiger partial charge in [0.25, 0.3) is 0 Å². The van der Waals surface area contributed by atoms with E-state index in [9.17, 15) is 4.39 Å². The first-order valence-corrected chi connectivity index (χ1v) is 7.67. The van der Waals surface area contributed by atoms with Gasteiger partial charge >= 0.3 is 0 Å². The van der Waals surface area contributed by atoms with Gasteiger partial charge in [0.1, 0.15) is 0 Å². The molecule has 0 amide bonds. The molecule has 0 saturated heterocycles. The lowest BCUT2D eigenvalue weighted by atomic mass is 10.0. The normalized spacial score (nSPS) is 19.9. The van der Waals surface area contributed by atoms with Crippen molar-refractivity contribution in [3.8, 4) is 5.75 Å². The molecular weight excluding hydrogens is 239 g/mol. The number of ether oxygens (including phenoxy) is 1. The molecule has 0 aliphatic heterocycles. The van der Waals surface area contributed by atoms with Crippen molar-refractivity contribution in [2.45, 2.75) is 57.8 Å². The van der Waals surface area contributed by atoms with E-state index in [1.807, 2.05) is 13.0 Å². The minimum absolute atomic E-state index is 0.143. The van der Waals surface area contributed by atoms with Crippen LogP contribution in [0.3, 0.4) is 0 Å². The molecule has 104 valence electrons. The molecule has 0 unspecified atom stereocenters. The Morgan fingerprint density at radius 2 is 1.89 bits per heavy atom. The summed E-state index contributed by atoms with van der Waals surface area (Å²) < 4.78 is 19.9. The van der Waals surface area contributed by atoms with Gasteiger partial charge in [-0.3, -0.25) is 0 Å². The summed E-state index contributed by atoms with van der Waals surface area (Å²) >= 11 is 0. The lowest BCUT2D eigenvalue weighted by Gasteiger charge is -2.13. The molecule has 0 spiro atoms. The molecule has 1 nitrogen and oxygen atoms in total. The molecule has 2 fully saturated rings. The van der Waals surface area contributed by atoms with Crippen molar-refractivity contribution in [3.05, 3.63) is 29.1 Å². The van der Waals surface area contributed by atoms with Crippen LogP contribution in [0, 0.1) is 18.7 Å². The van der Waals surface area contributed by atoms with E-state index in [1.165, 1.54) is 44.1 Å². The lowest BCUT2D eigenvalue weighted by molar-refractivity contribution is 0.267. The molecule has 2 aliphatic carbocycles. The number of hydrogen-bond donors (Lipinski definition) is 0. The summed E-state index contributed by atoms with van der Waals surface area (Å²) in [4.78, 5) is 0. The van der Waals surface area contributed by atoms with Crippen molar-refractivity contribution < 1.29 is 9.13 Å². The third-order valence-corrected chi connectivity index (χ3v) is 4.67. The molecule has 19 heavy (non-hydrogen) atoms. The SMILES string of the molecule is Cc1c(C2CC2)ccc(OCCC2CCCC2)c1F. The van der Waals surface area contributed by atoms with Crippen molar-refractivity contribution in [1.29, 1.82) is 0 Å². The van der Waals surface area contributed by atoms with E-state index in [2.05, 4.69) is 6.07 Å². The first-order chi connectivity index (χ1) is 9.25. The molecule has 0 radical (unpaired) electrons. The molecule has 0 N–H and O–H groups in total. The Kier molecular flexibility index (Phi) is 3.76. The second-order valence-electron chi connectivity index (χ2n) is 6.15. The van der Waals surface area contributed by atoms with E-state index < -0.39 is 0 Å². The van der Waals surface area contributed by atoms with Gasteiger partial charge < -0.3 is 4.74 Å². The van der Waals surface area contributed by atoms with Gasteiger partial charge in [-0.2, -0.15) is 0 Å². The van der Waals surface area contributed by atoms with Crippen LogP contribution in [0.5, 0.6) is 5.75 Å². The molecule has 0 atom stereocenters. The van der Waals surface area contributed by atoms with Gasteiger partial charge in [0.05, 0.1) is 6.61 Å². The average Bonchev–Trinajstić information content (AvgIpc) is 3.11. The van der Waals surface area contributed by atoms with Crippen LogP contribution in [0.1, 0.15) is 62.0 Å². The van der Waals surface area contributed by atoms with Crippen LogP contribution in [0.4, 0.5) is 4.39 Å². The summed E-state index contributed by atoms with van der Waals surface area (Å²) in [6, 6.07) is 3.88. The summed E-state index contributed by atoms with van der Waals surface area (Å²) in [6.45, 7) is 2.54. The molecule has 0 bridgehead atoms. The zero-order valence-electron chi connectivity index (χ0n) is 11.8.